The molecule has 3 rings (SSSR count). The van der Waals surface area contributed by atoms with Crippen molar-refractivity contribution in [3.8, 4) is 0 Å². The Balaban J connectivity index is 2.39. The van der Waals surface area contributed by atoms with Gasteiger partial charge in [0.15, 0.2) is 0 Å². The largest absolute Gasteiger partial charge is 0.384 e. The minimum atomic E-state index is 0.956. The number of fused-ring (bicyclic) bond motifs is 2. The third kappa shape index (κ3) is 2.14. The summed E-state index contributed by atoms with van der Waals surface area (Å²) in [6.45, 7) is 5.29. The minimum Gasteiger partial charge on any atom is -0.384 e. The van der Waals surface area contributed by atoms with Crippen molar-refractivity contribution in [1.29, 1.82) is 0 Å². The van der Waals surface area contributed by atoms with Gasteiger partial charge in [0, 0.05) is 27.8 Å². The van der Waals surface area contributed by atoms with Crippen LogP contribution in [-0.2, 0) is 12.8 Å². The van der Waals surface area contributed by atoms with Crippen LogP contribution >= 0.6 is 15.9 Å². The monoisotopic (exact) mass is 318 g/mol. The Morgan fingerprint density at radius 3 is 2.84 bits per heavy atom. The molecule has 2 nitrogen and oxygen atoms in total. The molecule has 1 aromatic heterocycles. The topological polar surface area (TPSA) is 24.9 Å². The third-order valence-corrected chi connectivity index (χ3v) is 4.57. The van der Waals surface area contributed by atoms with Crippen molar-refractivity contribution in [2.24, 2.45) is 0 Å². The van der Waals surface area contributed by atoms with Gasteiger partial charge in [-0.2, -0.15) is 0 Å². The molecule has 0 saturated heterocycles. The number of nitrogens with zero attached hydrogens (tertiary/aromatic N) is 1. The fraction of sp³-hybridized carbons (Fsp3) is 0.438. The van der Waals surface area contributed by atoms with Crippen molar-refractivity contribution in [1.82, 2.24) is 4.98 Å². The lowest BCUT2D eigenvalue weighted by Gasteiger charge is -2.22. The molecule has 19 heavy (non-hydrogen) atoms. The Hall–Kier alpha value is -1.09. The van der Waals surface area contributed by atoms with E-state index in [2.05, 4.69) is 47.2 Å². The zero-order valence-corrected chi connectivity index (χ0v) is 13.1. The van der Waals surface area contributed by atoms with E-state index in [0.717, 1.165) is 29.4 Å². The van der Waals surface area contributed by atoms with Gasteiger partial charge < -0.3 is 5.32 Å². The predicted molar refractivity (Wildman–Crippen MR) is 85.0 cm³/mol. The molecule has 1 aliphatic carbocycles. The Bertz CT molecular complexity index is 634. The van der Waals surface area contributed by atoms with Crippen molar-refractivity contribution in [2.75, 3.05) is 11.9 Å². The average Bonchev–Trinajstić information content (AvgIpc) is 2.43. The van der Waals surface area contributed by atoms with Crippen LogP contribution in [0.5, 0.6) is 0 Å². The van der Waals surface area contributed by atoms with Crippen molar-refractivity contribution in [3.05, 3.63) is 33.4 Å². The van der Waals surface area contributed by atoms with Gasteiger partial charge in [-0.15, -0.1) is 0 Å². The van der Waals surface area contributed by atoms with E-state index in [1.165, 1.54) is 40.7 Å². The molecule has 3 heteroatoms. The van der Waals surface area contributed by atoms with Gasteiger partial charge in [0.25, 0.3) is 0 Å². The molecule has 0 aliphatic heterocycles. The van der Waals surface area contributed by atoms with Crippen LogP contribution in [0.3, 0.4) is 0 Å². The van der Waals surface area contributed by atoms with E-state index < -0.39 is 0 Å². The normalized spacial score (nSPS) is 14.5. The molecule has 1 aromatic carbocycles. The van der Waals surface area contributed by atoms with Crippen LogP contribution in [0.25, 0.3) is 10.9 Å². The SMILES string of the molecule is CCNc1c2c(nc3c(Br)ccc(C)c13)CCCC2. The molecular formula is C16H19BrN2. The summed E-state index contributed by atoms with van der Waals surface area (Å²) in [7, 11) is 0. The van der Waals surface area contributed by atoms with Crippen LogP contribution in [0.15, 0.2) is 16.6 Å². The molecule has 0 unspecified atom stereocenters. The van der Waals surface area contributed by atoms with E-state index in [1.54, 1.807) is 0 Å². The second-order valence-electron chi connectivity index (χ2n) is 5.24. The number of aromatic nitrogens is 1. The molecule has 2 aromatic rings. The molecule has 0 radical (unpaired) electrons. The number of hydrogen-bond acceptors (Lipinski definition) is 2. The maximum absolute atomic E-state index is 4.93. The van der Waals surface area contributed by atoms with Crippen LogP contribution in [-0.4, -0.2) is 11.5 Å². The van der Waals surface area contributed by atoms with Crippen LogP contribution < -0.4 is 5.32 Å². The molecule has 0 atom stereocenters. The van der Waals surface area contributed by atoms with Crippen molar-refractivity contribution < 1.29 is 0 Å². The van der Waals surface area contributed by atoms with Gasteiger partial charge in [0.1, 0.15) is 0 Å². The van der Waals surface area contributed by atoms with E-state index in [9.17, 15) is 0 Å². The van der Waals surface area contributed by atoms with Gasteiger partial charge in [-0.05, 0) is 72.7 Å². The number of hydrogen-bond donors (Lipinski definition) is 1. The molecule has 0 bridgehead atoms. The van der Waals surface area contributed by atoms with Crippen LogP contribution in [0.4, 0.5) is 5.69 Å². The molecule has 0 saturated carbocycles. The number of aryl methyl sites for hydroxylation is 2. The lowest BCUT2D eigenvalue weighted by molar-refractivity contribution is 0.672. The lowest BCUT2D eigenvalue weighted by atomic mass is 9.91. The summed E-state index contributed by atoms with van der Waals surface area (Å²) in [6.07, 6.45) is 4.82. The Morgan fingerprint density at radius 2 is 2.05 bits per heavy atom. The predicted octanol–water partition coefficient (Wildman–Crippen LogP) is 4.62. The molecule has 0 fully saturated rings. The summed E-state index contributed by atoms with van der Waals surface area (Å²) < 4.78 is 1.10. The highest BCUT2D eigenvalue weighted by atomic mass is 79.9. The quantitative estimate of drug-likeness (QED) is 0.874. The van der Waals surface area contributed by atoms with E-state index in [4.69, 9.17) is 4.98 Å². The standard InChI is InChI=1S/C16H19BrN2/c1-3-18-15-11-6-4-5-7-13(11)19-16-12(17)9-8-10(2)14(15)16/h8-9H,3-7H2,1-2H3,(H,18,19). The van der Waals surface area contributed by atoms with Crippen LogP contribution in [0.2, 0.25) is 0 Å². The summed E-state index contributed by atoms with van der Waals surface area (Å²) in [4.78, 5) is 4.93. The number of rotatable bonds is 2. The Morgan fingerprint density at radius 1 is 1.26 bits per heavy atom. The second-order valence-corrected chi connectivity index (χ2v) is 6.09. The molecule has 1 aliphatic rings. The van der Waals surface area contributed by atoms with Crippen molar-refractivity contribution in [3.63, 3.8) is 0 Å². The minimum absolute atomic E-state index is 0.956. The van der Waals surface area contributed by atoms with E-state index in [0.29, 0.717) is 0 Å². The highest BCUT2D eigenvalue weighted by Gasteiger charge is 2.19. The van der Waals surface area contributed by atoms with Gasteiger partial charge >= 0.3 is 0 Å². The first-order chi connectivity index (χ1) is 9.22. The fourth-order valence-electron chi connectivity index (χ4n) is 3.03. The zero-order valence-electron chi connectivity index (χ0n) is 11.5. The highest BCUT2D eigenvalue weighted by molar-refractivity contribution is 9.10. The van der Waals surface area contributed by atoms with Crippen LogP contribution in [0.1, 0.15) is 36.6 Å². The maximum atomic E-state index is 4.93. The number of anilines is 1. The Labute approximate surface area is 122 Å². The summed E-state index contributed by atoms with van der Waals surface area (Å²) >= 11 is 3.65. The molecule has 100 valence electrons. The maximum Gasteiger partial charge on any atom is 0.0870 e. The van der Waals surface area contributed by atoms with Crippen LogP contribution in [0, 0.1) is 6.92 Å². The molecule has 1 N–H and O–H groups in total. The number of nitrogens with one attached hydrogen (secondary N) is 1. The number of benzene rings is 1. The number of halogens is 1. The van der Waals surface area contributed by atoms with Gasteiger partial charge in [-0.1, -0.05) is 6.07 Å². The first kappa shape index (κ1) is 12.9. The fourth-order valence-corrected chi connectivity index (χ4v) is 3.45. The summed E-state index contributed by atoms with van der Waals surface area (Å²) in [5.41, 5.74) is 6.47. The average molecular weight is 319 g/mol. The first-order valence-electron chi connectivity index (χ1n) is 7.06. The number of pyridine rings is 1. The molecule has 0 spiro atoms. The zero-order chi connectivity index (χ0) is 13.4. The molecule has 1 heterocycles. The van der Waals surface area contributed by atoms with E-state index in [-0.39, 0.29) is 0 Å². The smallest absolute Gasteiger partial charge is 0.0870 e. The van der Waals surface area contributed by atoms with Gasteiger partial charge in [0.05, 0.1) is 5.52 Å². The van der Waals surface area contributed by atoms with Crippen molar-refractivity contribution in [2.45, 2.75) is 39.5 Å². The van der Waals surface area contributed by atoms with Gasteiger partial charge in [-0.25, -0.2) is 0 Å². The summed E-state index contributed by atoms with van der Waals surface area (Å²) in [5, 5.41) is 4.87. The lowest BCUT2D eigenvalue weighted by Crippen LogP contribution is -2.11. The first-order valence-corrected chi connectivity index (χ1v) is 7.86. The van der Waals surface area contributed by atoms with Gasteiger partial charge in [0.2, 0.25) is 0 Å². The third-order valence-electron chi connectivity index (χ3n) is 3.93. The second kappa shape index (κ2) is 5.12. The summed E-state index contributed by atoms with van der Waals surface area (Å²) in [5.74, 6) is 0. The van der Waals surface area contributed by atoms with Crippen molar-refractivity contribution >= 4 is 32.5 Å². The summed E-state index contributed by atoms with van der Waals surface area (Å²) in [6, 6.07) is 4.28. The van der Waals surface area contributed by atoms with E-state index >= 15 is 0 Å². The molecule has 0 amide bonds. The molecular weight excluding hydrogens is 300 g/mol. The van der Waals surface area contributed by atoms with Gasteiger partial charge in [-0.3, -0.25) is 4.98 Å². The Kier molecular flexibility index (Phi) is 3.48. The highest BCUT2D eigenvalue weighted by Crippen LogP contribution is 2.37. The van der Waals surface area contributed by atoms with E-state index in [1.807, 2.05) is 0 Å².